The number of fused-ring (bicyclic) bond motifs is 2. The SMILES string of the molecule is O=C1NC(=O)C2=Nc3ccc(N4CCCCC4)cc3N(C[C@H](O)[C@H](O)[C@@H](O)CO)[C@H]2N1. The van der Waals surface area contributed by atoms with E-state index in [2.05, 4.69) is 20.5 Å². The lowest BCUT2D eigenvalue weighted by atomic mass is 10.0. The highest BCUT2D eigenvalue weighted by atomic mass is 16.4. The Bertz CT molecular complexity index is 887. The van der Waals surface area contributed by atoms with Crippen molar-refractivity contribution in [2.24, 2.45) is 4.99 Å². The van der Waals surface area contributed by atoms with Crippen molar-refractivity contribution >= 4 is 34.7 Å². The van der Waals surface area contributed by atoms with Crippen molar-refractivity contribution < 1.29 is 30.0 Å². The summed E-state index contributed by atoms with van der Waals surface area (Å²) in [6.45, 7) is 0.898. The molecule has 1 aromatic rings. The van der Waals surface area contributed by atoms with Crippen LogP contribution in [0.15, 0.2) is 23.2 Å². The number of amides is 3. The van der Waals surface area contributed by atoms with E-state index in [4.69, 9.17) is 5.11 Å². The molecule has 31 heavy (non-hydrogen) atoms. The molecule has 4 atom stereocenters. The number of piperidine rings is 1. The predicted molar refractivity (Wildman–Crippen MR) is 113 cm³/mol. The first-order valence-electron chi connectivity index (χ1n) is 10.4. The highest BCUT2D eigenvalue weighted by Gasteiger charge is 2.41. The van der Waals surface area contributed by atoms with E-state index < -0.39 is 43.0 Å². The quantitative estimate of drug-likeness (QED) is 0.327. The van der Waals surface area contributed by atoms with Crippen LogP contribution in [0.5, 0.6) is 0 Å². The summed E-state index contributed by atoms with van der Waals surface area (Å²) in [5.74, 6) is -0.644. The fourth-order valence-electron chi connectivity index (χ4n) is 4.19. The number of aliphatic hydroxyl groups excluding tert-OH is 4. The average molecular weight is 433 g/mol. The molecule has 4 rings (SSSR count). The van der Waals surface area contributed by atoms with Crippen LogP contribution in [0.3, 0.4) is 0 Å². The maximum absolute atomic E-state index is 12.4. The summed E-state index contributed by atoms with van der Waals surface area (Å²) in [6.07, 6.45) is -2.20. The second-order valence-corrected chi connectivity index (χ2v) is 8.01. The van der Waals surface area contributed by atoms with Gasteiger partial charge in [-0.3, -0.25) is 10.1 Å². The minimum Gasteiger partial charge on any atom is -0.394 e. The molecule has 0 radical (unpaired) electrons. The molecule has 0 spiro atoms. The first-order valence-corrected chi connectivity index (χ1v) is 10.4. The van der Waals surface area contributed by atoms with Crippen LogP contribution >= 0.6 is 0 Å². The molecule has 6 N–H and O–H groups in total. The van der Waals surface area contributed by atoms with Crippen molar-refractivity contribution in [1.82, 2.24) is 10.6 Å². The van der Waals surface area contributed by atoms with E-state index >= 15 is 0 Å². The van der Waals surface area contributed by atoms with Gasteiger partial charge in [0.05, 0.1) is 18.0 Å². The monoisotopic (exact) mass is 433 g/mol. The molecule has 0 aliphatic carbocycles. The number of urea groups is 1. The van der Waals surface area contributed by atoms with Crippen molar-refractivity contribution in [2.45, 2.75) is 43.7 Å². The van der Waals surface area contributed by atoms with Gasteiger partial charge in [-0.15, -0.1) is 0 Å². The molecule has 11 heteroatoms. The first kappa shape index (κ1) is 21.5. The molecule has 0 aromatic heterocycles. The highest BCUT2D eigenvalue weighted by Crippen LogP contribution is 2.38. The molecular formula is C20H27N5O6. The topological polar surface area (TPSA) is 158 Å². The summed E-state index contributed by atoms with van der Waals surface area (Å²) in [7, 11) is 0. The maximum atomic E-state index is 12.4. The number of aliphatic imine (C=N–C) groups is 1. The van der Waals surface area contributed by atoms with Gasteiger partial charge in [-0.25, -0.2) is 9.79 Å². The van der Waals surface area contributed by atoms with E-state index in [1.165, 1.54) is 6.42 Å². The fourth-order valence-corrected chi connectivity index (χ4v) is 4.19. The Kier molecular flexibility index (Phi) is 6.10. The number of hydrogen-bond acceptors (Lipinski definition) is 9. The van der Waals surface area contributed by atoms with Crippen LogP contribution in [0, 0.1) is 0 Å². The summed E-state index contributed by atoms with van der Waals surface area (Å²) >= 11 is 0. The number of aliphatic hydroxyl groups is 4. The minimum atomic E-state index is -1.62. The van der Waals surface area contributed by atoms with Gasteiger partial charge in [-0.1, -0.05) is 0 Å². The standard InChI is InChI=1S/C20H27N5O6/c26-10-15(28)17(29)14(27)9-25-13-8-11(24-6-2-1-3-7-24)4-5-12(13)21-16-18(25)22-20(31)23-19(16)30/h4-5,8,14-15,17-18,26-29H,1-3,6-7,9-10H2,(H2,22,23,30,31)/t14-,15-,17-,18+/m0/s1. The lowest BCUT2D eigenvalue weighted by Gasteiger charge is -2.42. The predicted octanol–water partition coefficient (Wildman–Crippen LogP) is -1.19. The number of nitrogens with one attached hydrogen (secondary N) is 2. The number of carbonyl (C=O) groups excluding carboxylic acids is 2. The zero-order valence-corrected chi connectivity index (χ0v) is 16.9. The molecule has 3 heterocycles. The third-order valence-corrected chi connectivity index (χ3v) is 5.89. The number of anilines is 2. The van der Waals surface area contributed by atoms with E-state index in [0.29, 0.717) is 11.4 Å². The van der Waals surface area contributed by atoms with Crippen molar-refractivity contribution in [3.8, 4) is 0 Å². The number of imide groups is 1. The van der Waals surface area contributed by atoms with Crippen LogP contribution in [0.1, 0.15) is 19.3 Å². The van der Waals surface area contributed by atoms with Crippen molar-refractivity contribution in [2.75, 3.05) is 36.0 Å². The lowest BCUT2D eigenvalue weighted by Crippen LogP contribution is -2.67. The number of rotatable bonds is 6. The molecule has 0 unspecified atom stereocenters. The molecule has 3 aliphatic rings. The van der Waals surface area contributed by atoms with Gasteiger partial charge in [0.15, 0.2) is 6.17 Å². The molecule has 0 saturated carbocycles. The summed E-state index contributed by atoms with van der Waals surface area (Å²) in [5, 5.41) is 44.2. The Hall–Kier alpha value is -2.73. The van der Waals surface area contributed by atoms with E-state index in [9.17, 15) is 24.9 Å². The molecule has 3 amide bonds. The van der Waals surface area contributed by atoms with Gasteiger partial charge < -0.3 is 35.5 Å². The number of hydrogen-bond donors (Lipinski definition) is 6. The van der Waals surface area contributed by atoms with Crippen LogP contribution < -0.4 is 20.4 Å². The van der Waals surface area contributed by atoms with Gasteiger partial charge in [0.1, 0.15) is 24.0 Å². The second kappa shape index (κ2) is 8.79. The smallest absolute Gasteiger partial charge is 0.323 e. The third-order valence-electron chi connectivity index (χ3n) is 5.89. The number of nitrogens with zero attached hydrogens (tertiary/aromatic N) is 3. The van der Waals surface area contributed by atoms with Gasteiger partial charge in [-0.2, -0.15) is 0 Å². The van der Waals surface area contributed by atoms with E-state index in [0.717, 1.165) is 31.6 Å². The normalized spacial score (nSPS) is 23.7. The average Bonchev–Trinajstić information content (AvgIpc) is 2.78. The van der Waals surface area contributed by atoms with Crippen LogP contribution in [0.25, 0.3) is 0 Å². The number of carbonyl (C=O) groups is 2. The van der Waals surface area contributed by atoms with Gasteiger partial charge in [-0.05, 0) is 37.5 Å². The van der Waals surface area contributed by atoms with E-state index in [1.54, 1.807) is 11.0 Å². The summed E-state index contributed by atoms with van der Waals surface area (Å²) in [6, 6.07) is 4.90. The molecule has 1 aromatic carbocycles. The summed E-state index contributed by atoms with van der Waals surface area (Å²) in [5.41, 5.74) is 2.08. The van der Waals surface area contributed by atoms with Gasteiger partial charge >= 0.3 is 6.03 Å². The maximum Gasteiger partial charge on any atom is 0.323 e. The van der Waals surface area contributed by atoms with E-state index in [-0.39, 0.29) is 12.3 Å². The highest BCUT2D eigenvalue weighted by molar-refractivity contribution is 6.46. The Balaban J connectivity index is 1.71. The Labute approximate surface area is 179 Å². The molecule has 168 valence electrons. The van der Waals surface area contributed by atoms with Crippen LogP contribution in [0.4, 0.5) is 21.9 Å². The second-order valence-electron chi connectivity index (χ2n) is 8.01. The Morgan fingerprint density at radius 1 is 1.10 bits per heavy atom. The number of β-amino-alcohol motifs (C(OH)–C–C–N with tert-alkyl or cyclic N) is 1. The Morgan fingerprint density at radius 2 is 1.84 bits per heavy atom. The van der Waals surface area contributed by atoms with Gasteiger partial charge in [0.25, 0.3) is 5.91 Å². The molecule has 11 nitrogen and oxygen atoms in total. The van der Waals surface area contributed by atoms with Crippen LogP contribution in [0.2, 0.25) is 0 Å². The third kappa shape index (κ3) is 4.22. The zero-order valence-electron chi connectivity index (χ0n) is 16.9. The zero-order chi connectivity index (χ0) is 22.1. The minimum absolute atomic E-state index is 0.0576. The summed E-state index contributed by atoms with van der Waals surface area (Å²) in [4.78, 5) is 32.6. The Morgan fingerprint density at radius 3 is 2.55 bits per heavy atom. The van der Waals surface area contributed by atoms with Crippen LogP contribution in [-0.4, -0.2) is 88.8 Å². The number of benzene rings is 1. The van der Waals surface area contributed by atoms with Gasteiger partial charge in [0.2, 0.25) is 0 Å². The molecule has 2 saturated heterocycles. The molecule has 2 fully saturated rings. The fraction of sp³-hybridized carbons (Fsp3) is 0.550. The summed E-state index contributed by atoms with van der Waals surface area (Å²) < 4.78 is 0. The van der Waals surface area contributed by atoms with Crippen LogP contribution in [-0.2, 0) is 4.79 Å². The molecular weight excluding hydrogens is 406 g/mol. The van der Waals surface area contributed by atoms with Crippen molar-refractivity contribution in [3.63, 3.8) is 0 Å². The largest absolute Gasteiger partial charge is 0.394 e. The van der Waals surface area contributed by atoms with Crippen molar-refractivity contribution in [3.05, 3.63) is 18.2 Å². The van der Waals surface area contributed by atoms with Crippen molar-refractivity contribution in [1.29, 1.82) is 0 Å². The van der Waals surface area contributed by atoms with E-state index in [1.807, 2.05) is 12.1 Å². The lowest BCUT2D eigenvalue weighted by molar-refractivity contribution is -0.114. The molecule has 3 aliphatic heterocycles. The first-order chi connectivity index (χ1) is 14.9. The molecule has 0 bridgehead atoms. The van der Waals surface area contributed by atoms with Gasteiger partial charge in [0, 0.05) is 25.3 Å².